The molecule has 0 bridgehead atoms. The summed E-state index contributed by atoms with van der Waals surface area (Å²) in [6.07, 6.45) is 3.13. The summed E-state index contributed by atoms with van der Waals surface area (Å²) in [5.41, 5.74) is 1.89. The molecular weight excluding hydrogens is 328 g/mol. The Morgan fingerprint density at radius 2 is 2.04 bits per heavy atom. The summed E-state index contributed by atoms with van der Waals surface area (Å²) in [6, 6.07) is 14.3. The molecule has 0 atom stereocenters. The van der Waals surface area contributed by atoms with Crippen molar-refractivity contribution in [3.63, 3.8) is 0 Å². The molecule has 0 spiro atoms. The van der Waals surface area contributed by atoms with E-state index in [2.05, 4.69) is 19.2 Å². The minimum atomic E-state index is -0.279. The highest BCUT2D eigenvalue weighted by molar-refractivity contribution is 6.02. The highest BCUT2D eigenvalue weighted by Gasteiger charge is 2.06. The van der Waals surface area contributed by atoms with Crippen LogP contribution >= 0.6 is 0 Å². The summed E-state index contributed by atoms with van der Waals surface area (Å²) in [5.74, 6) is 1.44. The van der Waals surface area contributed by atoms with Crippen LogP contribution in [0.4, 0.5) is 5.69 Å². The Bertz CT molecular complexity index is 835. The van der Waals surface area contributed by atoms with Crippen LogP contribution in [0.5, 0.6) is 11.5 Å². The molecule has 2 aromatic carbocycles. The number of carbonyl (C=O) groups excluding carboxylic acids is 1. The van der Waals surface area contributed by atoms with Crippen molar-refractivity contribution in [3.8, 4) is 17.6 Å². The van der Waals surface area contributed by atoms with Gasteiger partial charge in [-0.2, -0.15) is 5.26 Å². The molecule has 0 aliphatic carbocycles. The van der Waals surface area contributed by atoms with E-state index in [9.17, 15) is 4.79 Å². The molecule has 0 aromatic heterocycles. The van der Waals surface area contributed by atoms with Gasteiger partial charge >= 0.3 is 0 Å². The SMILES string of the molecule is COc1cc(/C=C\C(=O)Nc2cccc(C#N)c2)ccc1OCC(C)C. The third-order valence-electron chi connectivity index (χ3n) is 3.45. The largest absolute Gasteiger partial charge is 0.493 e. The second kappa shape index (κ2) is 9.28. The molecule has 0 aliphatic rings. The Balaban J connectivity index is 2.04. The number of carbonyl (C=O) groups is 1. The molecule has 2 rings (SSSR count). The molecule has 26 heavy (non-hydrogen) atoms. The quantitative estimate of drug-likeness (QED) is 0.758. The molecule has 5 heteroatoms. The monoisotopic (exact) mass is 350 g/mol. The molecule has 0 saturated carbocycles. The summed E-state index contributed by atoms with van der Waals surface area (Å²) in [6.45, 7) is 4.76. The van der Waals surface area contributed by atoms with Crippen LogP contribution in [0.3, 0.4) is 0 Å². The van der Waals surface area contributed by atoms with Gasteiger partial charge in [0.2, 0.25) is 5.91 Å². The fourth-order valence-electron chi connectivity index (χ4n) is 2.19. The van der Waals surface area contributed by atoms with E-state index in [-0.39, 0.29) is 5.91 Å². The van der Waals surface area contributed by atoms with Crippen LogP contribution in [0.25, 0.3) is 6.08 Å². The first-order valence-corrected chi connectivity index (χ1v) is 8.32. The second-order valence-corrected chi connectivity index (χ2v) is 6.13. The van der Waals surface area contributed by atoms with Crippen molar-refractivity contribution in [2.24, 2.45) is 5.92 Å². The van der Waals surface area contributed by atoms with Crippen molar-refractivity contribution in [1.29, 1.82) is 5.26 Å². The summed E-state index contributed by atoms with van der Waals surface area (Å²) >= 11 is 0. The van der Waals surface area contributed by atoms with E-state index >= 15 is 0 Å². The summed E-state index contributed by atoms with van der Waals surface area (Å²) in [4.78, 5) is 12.0. The Morgan fingerprint density at radius 1 is 1.23 bits per heavy atom. The van der Waals surface area contributed by atoms with Crippen LogP contribution < -0.4 is 14.8 Å². The first-order chi connectivity index (χ1) is 12.5. The Labute approximate surface area is 153 Å². The number of hydrogen-bond donors (Lipinski definition) is 1. The van der Waals surface area contributed by atoms with Crippen molar-refractivity contribution in [2.45, 2.75) is 13.8 Å². The predicted octanol–water partition coefficient (Wildman–Crippen LogP) is 4.25. The molecule has 2 aromatic rings. The highest BCUT2D eigenvalue weighted by atomic mass is 16.5. The zero-order chi connectivity index (χ0) is 18.9. The molecule has 0 heterocycles. The molecule has 0 fully saturated rings. The zero-order valence-electron chi connectivity index (χ0n) is 15.2. The van der Waals surface area contributed by atoms with E-state index < -0.39 is 0 Å². The van der Waals surface area contributed by atoms with Gasteiger partial charge < -0.3 is 14.8 Å². The first kappa shape index (κ1) is 19.1. The zero-order valence-corrected chi connectivity index (χ0v) is 15.2. The first-order valence-electron chi connectivity index (χ1n) is 8.32. The van der Waals surface area contributed by atoms with Gasteiger partial charge in [-0.3, -0.25) is 4.79 Å². The lowest BCUT2D eigenvalue weighted by molar-refractivity contribution is -0.111. The molecule has 1 amide bonds. The number of nitrogens with one attached hydrogen (secondary N) is 1. The minimum absolute atomic E-state index is 0.279. The number of methoxy groups -OCH3 is 1. The van der Waals surface area contributed by atoms with Crippen LogP contribution in [-0.4, -0.2) is 19.6 Å². The topological polar surface area (TPSA) is 71.3 Å². The number of ether oxygens (including phenoxy) is 2. The van der Waals surface area contributed by atoms with Crippen molar-refractivity contribution in [1.82, 2.24) is 0 Å². The fourth-order valence-corrected chi connectivity index (χ4v) is 2.19. The van der Waals surface area contributed by atoms with E-state index in [1.54, 1.807) is 37.5 Å². The van der Waals surface area contributed by atoms with Crippen LogP contribution in [0.1, 0.15) is 25.0 Å². The average Bonchev–Trinajstić information content (AvgIpc) is 2.65. The lowest BCUT2D eigenvalue weighted by Gasteiger charge is -2.12. The summed E-state index contributed by atoms with van der Waals surface area (Å²) in [7, 11) is 1.58. The van der Waals surface area contributed by atoms with Crippen LogP contribution in [0, 0.1) is 17.2 Å². The van der Waals surface area contributed by atoms with Crippen LogP contribution in [0.15, 0.2) is 48.5 Å². The van der Waals surface area contributed by atoms with Gasteiger partial charge in [0, 0.05) is 11.8 Å². The number of nitrogens with zero attached hydrogens (tertiary/aromatic N) is 1. The number of nitriles is 1. The van der Waals surface area contributed by atoms with Gasteiger partial charge in [0.1, 0.15) is 0 Å². The minimum Gasteiger partial charge on any atom is -0.493 e. The van der Waals surface area contributed by atoms with Gasteiger partial charge in [0.25, 0.3) is 0 Å². The van der Waals surface area contributed by atoms with Gasteiger partial charge in [-0.15, -0.1) is 0 Å². The number of hydrogen-bond acceptors (Lipinski definition) is 4. The van der Waals surface area contributed by atoms with Crippen LogP contribution in [-0.2, 0) is 4.79 Å². The van der Waals surface area contributed by atoms with Crippen molar-refractivity contribution >= 4 is 17.7 Å². The van der Waals surface area contributed by atoms with Crippen molar-refractivity contribution in [2.75, 3.05) is 19.0 Å². The Kier molecular flexibility index (Phi) is 6.81. The lowest BCUT2D eigenvalue weighted by atomic mass is 10.1. The predicted molar refractivity (Wildman–Crippen MR) is 102 cm³/mol. The van der Waals surface area contributed by atoms with Gasteiger partial charge in [-0.1, -0.05) is 26.0 Å². The highest BCUT2D eigenvalue weighted by Crippen LogP contribution is 2.29. The van der Waals surface area contributed by atoms with Crippen molar-refractivity contribution in [3.05, 3.63) is 59.7 Å². The molecular formula is C21H22N2O3. The fraction of sp³-hybridized carbons (Fsp3) is 0.238. The maximum atomic E-state index is 12.0. The van der Waals surface area contributed by atoms with Gasteiger partial charge in [-0.25, -0.2) is 0 Å². The molecule has 0 aliphatic heterocycles. The van der Waals surface area contributed by atoms with E-state index in [1.807, 2.05) is 24.3 Å². The average molecular weight is 350 g/mol. The molecule has 0 saturated heterocycles. The molecule has 0 radical (unpaired) electrons. The normalized spacial score (nSPS) is 10.6. The molecule has 0 unspecified atom stereocenters. The third-order valence-corrected chi connectivity index (χ3v) is 3.45. The van der Waals surface area contributed by atoms with E-state index in [0.29, 0.717) is 35.3 Å². The number of benzene rings is 2. The maximum Gasteiger partial charge on any atom is 0.248 e. The third kappa shape index (κ3) is 5.67. The Morgan fingerprint density at radius 3 is 2.73 bits per heavy atom. The summed E-state index contributed by atoms with van der Waals surface area (Å²) < 4.78 is 11.1. The molecule has 1 N–H and O–H groups in total. The van der Waals surface area contributed by atoms with E-state index in [0.717, 1.165) is 5.56 Å². The van der Waals surface area contributed by atoms with Crippen molar-refractivity contribution < 1.29 is 14.3 Å². The van der Waals surface area contributed by atoms with Gasteiger partial charge in [0.05, 0.1) is 25.3 Å². The van der Waals surface area contributed by atoms with Crippen LogP contribution in [0.2, 0.25) is 0 Å². The maximum absolute atomic E-state index is 12.0. The standard InChI is InChI=1S/C21H22N2O3/c1-15(2)14-26-19-9-7-16(12-20(19)25-3)8-10-21(24)23-18-6-4-5-17(11-18)13-22/h4-12,15H,14H2,1-3H3,(H,23,24)/b10-8-. The number of anilines is 1. The molecule has 5 nitrogen and oxygen atoms in total. The van der Waals surface area contributed by atoms with E-state index in [4.69, 9.17) is 14.7 Å². The molecule has 134 valence electrons. The van der Waals surface area contributed by atoms with Gasteiger partial charge in [-0.05, 0) is 47.9 Å². The lowest BCUT2D eigenvalue weighted by Crippen LogP contribution is -2.07. The summed E-state index contributed by atoms with van der Waals surface area (Å²) in [5, 5.41) is 11.6. The number of amides is 1. The smallest absolute Gasteiger partial charge is 0.248 e. The Hall–Kier alpha value is -3.26. The second-order valence-electron chi connectivity index (χ2n) is 6.13. The van der Waals surface area contributed by atoms with Gasteiger partial charge in [0.15, 0.2) is 11.5 Å². The number of rotatable bonds is 7. The van der Waals surface area contributed by atoms with E-state index in [1.165, 1.54) is 6.08 Å².